The van der Waals surface area contributed by atoms with E-state index in [9.17, 15) is 9.90 Å². The maximum atomic E-state index is 12.6. The molecule has 1 fully saturated rings. The van der Waals surface area contributed by atoms with Gasteiger partial charge in [-0.3, -0.25) is 4.79 Å². The van der Waals surface area contributed by atoms with Crippen LogP contribution in [0.2, 0.25) is 0 Å². The number of aliphatic hydroxyl groups is 1. The number of aryl methyl sites for hydroxylation is 1. The summed E-state index contributed by atoms with van der Waals surface area (Å²) in [6, 6.07) is 10.3. The summed E-state index contributed by atoms with van der Waals surface area (Å²) in [6.45, 7) is 4.93. The van der Waals surface area contributed by atoms with E-state index in [4.69, 9.17) is 4.52 Å². The summed E-state index contributed by atoms with van der Waals surface area (Å²) in [5.74, 6) is 0.352. The first-order valence-corrected chi connectivity index (χ1v) is 7.52. The molecule has 0 aliphatic carbocycles. The number of carbonyl (C=O) groups excluding carboxylic acids is 1. The van der Waals surface area contributed by atoms with Crippen LogP contribution in [0.25, 0.3) is 0 Å². The molecule has 2 aromatic rings. The molecule has 0 unspecified atom stereocenters. The minimum absolute atomic E-state index is 0.0291. The van der Waals surface area contributed by atoms with E-state index >= 15 is 0 Å². The van der Waals surface area contributed by atoms with Crippen LogP contribution in [-0.4, -0.2) is 34.2 Å². The second kappa shape index (κ2) is 5.57. The normalized spacial score (nSPS) is 16.4. The second-order valence-corrected chi connectivity index (χ2v) is 5.88. The molecule has 0 radical (unpaired) electrons. The summed E-state index contributed by atoms with van der Waals surface area (Å²) in [5.41, 5.74) is 2.02. The van der Waals surface area contributed by atoms with Crippen molar-refractivity contribution in [3.8, 4) is 0 Å². The highest BCUT2D eigenvalue weighted by Gasteiger charge is 2.46. The van der Waals surface area contributed by atoms with E-state index in [0.29, 0.717) is 30.1 Å². The fraction of sp³-hybridized carbons (Fsp3) is 0.412. The van der Waals surface area contributed by atoms with Crippen molar-refractivity contribution in [2.24, 2.45) is 0 Å². The van der Waals surface area contributed by atoms with Crippen LogP contribution in [0.5, 0.6) is 0 Å². The molecule has 0 atom stereocenters. The summed E-state index contributed by atoms with van der Waals surface area (Å²) in [4.78, 5) is 14.4. The van der Waals surface area contributed by atoms with Gasteiger partial charge in [-0.1, -0.05) is 42.4 Å². The molecule has 1 aromatic carbocycles. The van der Waals surface area contributed by atoms with Gasteiger partial charge in [0.15, 0.2) is 0 Å². The highest BCUT2D eigenvalue weighted by molar-refractivity contribution is 5.97. The van der Waals surface area contributed by atoms with Gasteiger partial charge in [0.1, 0.15) is 17.0 Å². The molecule has 2 heterocycles. The molecule has 1 N–H and O–H groups in total. The highest BCUT2D eigenvalue weighted by Crippen LogP contribution is 2.38. The van der Waals surface area contributed by atoms with Crippen molar-refractivity contribution in [3.05, 3.63) is 52.9 Å². The van der Waals surface area contributed by atoms with Gasteiger partial charge in [0.2, 0.25) is 0 Å². The van der Waals surface area contributed by atoms with Crippen molar-refractivity contribution in [2.45, 2.75) is 32.3 Å². The molecule has 1 aliphatic heterocycles. The predicted molar refractivity (Wildman–Crippen MR) is 81.5 cm³/mol. The van der Waals surface area contributed by atoms with Gasteiger partial charge in [-0.15, -0.1) is 0 Å². The van der Waals surface area contributed by atoms with Crippen molar-refractivity contribution >= 4 is 5.91 Å². The third-order valence-electron chi connectivity index (χ3n) is 4.63. The average molecular weight is 300 g/mol. The Labute approximate surface area is 129 Å². The largest absolute Gasteiger partial charge is 0.390 e. The van der Waals surface area contributed by atoms with Crippen LogP contribution in [0.4, 0.5) is 0 Å². The Morgan fingerprint density at radius 2 is 2.05 bits per heavy atom. The number of rotatable bonds is 4. The molecule has 0 saturated carbocycles. The molecular weight excluding hydrogens is 280 g/mol. The van der Waals surface area contributed by atoms with E-state index in [0.717, 1.165) is 6.42 Å². The van der Waals surface area contributed by atoms with Crippen LogP contribution < -0.4 is 0 Å². The molecule has 0 bridgehead atoms. The Hall–Kier alpha value is -2.14. The summed E-state index contributed by atoms with van der Waals surface area (Å²) in [5, 5.41) is 13.0. The number of benzene rings is 1. The molecule has 1 saturated heterocycles. The molecule has 5 nitrogen and oxygen atoms in total. The number of hydrogen-bond donors (Lipinski definition) is 1. The van der Waals surface area contributed by atoms with Crippen molar-refractivity contribution in [1.82, 2.24) is 10.1 Å². The Bertz CT molecular complexity index is 672. The van der Waals surface area contributed by atoms with E-state index in [1.54, 1.807) is 11.8 Å². The Balaban J connectivity index is 1.80. The summed E-state index contributed by atoms with van der Waals surface area (Å²) in [6.07, 6.45) is 0.982. The molecule has 22 heavy (non-hydrogen) atoms. The molecule has 1 amide bonds. The lowest BCUT2D eigenvalue weighted by molar-refractivity contribution is 0.0371. The Morgan fingerprint density at radius 1 is 1.36 bits per heavy atom. The third-order valence-corrected chi connectivity index (χ3v) is 4.63. The summed E-state index contributed by atoms with van der Waals surface area (Å²) >= 11 is 0. The van der Waals surface area contributed by atoms with Crippen LogP contribution in [0.1, 0.15) is 40.7 Å². The third kappa shape index (κ3) is 2.22. The van der Waals surface area contributed by atoms with E-state index in [1.807, 2.05) is 18.2 Å². The predicted octanol–water partition coefficient (Wildman–Crippen LogP) is 2.28. The van der Waals surface area contributed by atoms with Crippen molar-refractivity contribution in [3.63, 3.8) is 0 Å². The standard InChI is InChI=1S/C17H20N2O3/c1-3-17(13-7-5-4-6-8-13)10-19(11-17)16(21)15-12(2)22-18-14(15)9-20/h4-8,20H,3,9-11H2,1-2H3. The lowest BCUT2D eigenvalue weighted by Gasteiger charge is -2.50. The van der Waals surface area contributed by atoms with E-state index in [-0.39, 0.29) is 17.9 Å². The van der Waals surface area contributed by atoms with Crippen molar-refractivity contribution < 1.29 is 14.4 Å². The Kier molecular flexibility index (Phi) is 3.74. The smallest absolute Gasteiger partial charge is 0.259 e. The minimum atomic E-state index is -0.288. The minimum Gasteiger partial charge on any atom is -0.390 e. The first kappa shape index (κ1) is 14.8. The highest BCUT2D eigenvalue weighted by atomic mass is 16.5. The topological polar surface area (TPSA) is 66.6 Å². The lowest BCUT2D eigenvalue weighted by Crippen LogP contribution is -2.61. The van der Waals surface area contributed by atoms with Gasteiger partial charge in [0, 0.05) is 18.5 Å². The first-order valence-electron chi connectivity index (χ1n) is 7.52. The molecule has 1 aliphatic rings. The summed E-state index contributed by atoms with van der Waals surface area (Å²) < 4.78 is 5.03. The molecule has 5 heteroatoms. The van der Waals surface area contributed by atoms with Gasteiger partial charge in [0.05, 0.1) is 6.61 Å². The number of nitrogens with zero attached hydrogens (tertiary/aromatic N) is 2. The Morgan fingerprint density at radius 3 is 2.64 bits per heavy atom. The molecular formula is C17H20N2O3. The summed E-state index contributed by atoms with van der Waals surface area (Å²) in [7, 11) is 0. The maximum absolute atomic E-state index is 12.6. The zero-order valence-electron chi connectivity index (χ0n) is 12.9. The van der Waals surface area contributed by atoms with Crippen LogP contribution in [-0.2, 0) is 12.0 Å². The van der Waals surface area contributed by atoms with E-state index in [1.165, 1.54) is 5.56 Å². The van der Waals surface area contributed by atoms with Crippen LogP contribution >= 0.6 is 0 Å². The quantitative estimate of drug-likeness (QED) is 0.940. The van der Waals surface area contributed by atoms with Crippen LogP contribution in [0, 0.1) is 6.92 Å². The molecule has 1 aromatic heterocycles. The van der Waals surface area contributed by atoms with Gasteiger partial charge in [-0.25, -0.2) is 0 Å². The molecule has 0 spiro atoms. The fourth-order valence-electron chi connectivity index (χ4n) is 3.19. The second-order valence-electron chi connectivity index (χ2n) is 5.88. The first-order chi connectivity index (χ1) is 10.6. The van der Waals surface area contributed by atoms with Crippen LogP contribution in [0.15, 0.2) is 34.9 Å². The van der Waals surface area contributed by atoms with Gasteiger partial charge in [-0.05, 0) is 18.9 Å². The SMILES string of the molecule is CCC1(c2ccccc2)CN(C(=O)c2c(CO)noc2C)C1. The van der Waals surface area contributed by atoms with E-state index < -0.39 is 0 Å². The monoisotopic (exact) mass is 300 g/mol. The van der Waals surface area contributed by atoms with Crippen molar-refractivity contribution in [2.75, 3.05) is 13.1 Å². The number of aliphatic hydroxyl groups excluding tert-OH is 1. The maximum Gasteiger partial charge on any atom is 0.259 e. The van der Waals surface area contributed by atoms with Crippen molar-refractivity contribution in [1.29, 1.82) is 0 Å². The van der Waals surface area contributed by atoms with Gasteiger partial charge >= 0.3 is 0 Å². The molecule has 3 rings (SSSR count). The number of likely N-dealkylation sites (tertiary alicyclic amines) is 1. The molecule has 116 valence electrons. The zero-order valence-corrected chi connectivity index (χ0v) is 12.9. The lowest BCUT2D eigenvalue weighted by atomic mass is 9.71. The number of hydrogen-bond acceptors (Lipinski definition) is 4. The van der Waals surface area contributed by atoms with E-state index in [2.05, 4.69) is 24.2 Å². The number of amides is 1. The van der Waals surface area contributed by atoms with Gasteiger partial charge in [0.25, 0.3) is 5.91 Å². The van der Waals surface area contributed by atoms with Gasteiger partial charge < -0.3 is 14.5 Å². The fourth-order valence-corrected chi connectivity index (χ4v) is 3.19. The number of aromatic nitrogens is 1. The van der Waals surface area contributed by atoms with Crippen LogP contribution in [0.3, 0.4) is 0 Å². The van der Waals surface area contributed by atoms with Gasteiger partial charge in [-0.2, -0.15) is 0 Å². The average Bonchev–Trinajstić information content (AvgIpc) is 2.88. The number of carbonyl (C=O) groups is 1. The zero-order chi connectivity index (χ0) is 15.7.